The van der Waals surface area contributed by atoms with Gasteiger partial charge in [0.05, 0.1) is 12.5 Å². The monoisotopic (exact) mass is 300 g/mol. The number of benzene rings is 2. The van der Waals surface area contributed by atoms with Crippen LogP contribution in [0.15, 0.2) is 42.5 Å². The molecule has 0 saturated heterocycles. The van der Waals surface area contributed by atoms with Gasteiger partial charge in [-0.2, -0.15) is 0 Å². The molecule has 2 atom stereocenters. The number of hydrogen-bond acceptors (Lipinski definition) is 4. The molecular formula is C17H16O5. The van der Waals surface area contributed by atoms with E-state index < -0.39 is 18.2 Å². The zero-order chi connectivity index (χ0) is 15.7. The third-order valence-electron chi connectivity index (χ3n) is 3.75. The number of aliphatic hydroxyl groups excluding tert-OH is 1. The fourth-order valence-electron chi connectivity index (χ4n) is 2.66. The first kappa shape index (κ1) is 14.4. The van der Waals surface area contributed by atoms with Gasteiger partial charge in [-0.1, -0.05) is 30.3 Å². The largest absolute Gasteiger partial charge is 0.508 e. The molecule has 0 aliphatic carbocycles. The van der Waals surface area contributed by atoms with Gasteiger partial charge in [0, 0.05) is 12.5 Å². The molecule has 1 aliphatic heterocycles. The summed E-state index contributed by atoms with van der Waals surface area (Å²) in [4.78, 5) is 10.7. The number of aliphatic hydroxyl groups is 1. The number of ether oxygens (including phenoxy) is 1. The van der Waals surface area contributed by atoms with E-state index in [4.69, 9.17) is 9.84 Å². The van der Waals surface area contributed by atoms with Gasteiger partial charge < -0.3 is 20.1 Å². The van der Waals surface area contributed by atoms with Crippen molar-refractivity contribution >= 4 is 5.97 Å². The number of rotatable bonds is 3. The van der Waals surface area contributed by atoms with Crippen molar-refractivity contribution in [3.05, 3.63) is 59.2 Å². The van der Waals surface area contributed by atoms with Crippen molar-refractivity contribution in [1.82, 2.24) is 0 Å². The van der Waals surface area contributed by atoms with E-state index in [9.17, 15) is 15.0 Å². The van der Waals surface area contributed by atoms with Gasteiger partial charge in [0.15, 0.2) is 0 Å². The van der Waals surface area contributed by atoms with Gasteiger partial charge in [-0.3, -0.25) is 4.79 Å². The molecule has 3 rings (SSSR count). The van der Waals surface area contributed by atoms with Gasteiger partial charge >= 0.3 is 5.97 Å². The molecule has 22 heavy (non-hydrogen) atoms. The van der Waals surface area contributed by atoms with Crippen molar-refractivity contribution in [2.45, 2.75) is 25.0 Å². The number of aliphatic carboxylic acids is 1. The van der Waals surface area contributed by atoms with Crippen molar-refractivity contribution < 1.29 is 24.9 Å². The second kappa shape index (κ2) is 5.69. The van der Waals surface area contributed by atoms with E-state index in [-0.39, 0.29) is 12.2 Å². The minimum Gasteiger partial charge on any atom is -0.508 e. The number of carbonyl (C=O) groups is 1. The summed E-state index contributed by atoms with van der Waals surface area (Å²) < 4.78 is 5.81. The lowest BCUT2D eigenvalue weighted by Gasteiger charge is -2.31. The van der Waals surface area contributed by atoms with Crippen LogP contribution in [0.25, 0.3) is 0 Å². The van der Waals surface area contributed by atoms with Gasteiger partial charge in [-0.15, -0.1) is 0 Å². The molecular weight excluding hydrogens is 284 g/mol. The summed E-state index contributed by atoms with van der Waals surface area (Å²) in [6, 6.07) is 11.8. The van der Waals surface area contributed by atoms with Crippen LogP contribution in [0.4, 0.5) is 0 Å². The average Bonchev–Trinajstić information content (AvgIpc) is 2.47. The molecule has 0 radical (unpaired) electrons. The Morgan fingerprint density at radius 1 is 1.18 bits per heavy atom. The van der Waals surface area contributed by atoms with E-state index in [2.05, 4.69) is 0 Å². The van der Waals surface area contributed by atoms with Gasteiger partial charge in [0.2, 0.25) is 0 Å². The summed E-state index contributed by atoms with van der Waals surface area (Å²) in [5.41, 5.74) is 2.32. The topological polar surface area (TPSA) is 87.0 Å². The predicted molar refractivity (Wildman–Crippen MR) is 79.0 cm³/mol. The van der Waals surface area contributed by atoms with Gasteiger partial charge in [-0.25, -0.2) is 0 Å². The number of aromatic hydroxyl groups is 1. The third kappa shape index (κ3) is 2.89. The zero-order valence-electron chi connectivity index (χ0n) is 11.8. The SMILES string of the molecule is O=C(O)Cc1ccc(C2Oc3cc(O)ccc3CC2O)cc1. The molecule has 114 valence electrons. The van der Waals surface area contributed by atoms with Crippen LogP contribution < -0.4 is 4.74 Å². The summed E-state index contributed by atoms with van der Waals surface area (Å²) in [6.07, 6.45) is -0.821. The fourth-order valence-corrected chi connectivity index (χ4v) is 2.66. The molecule has 1 aliphatic rings. The van der Waals surface area contributed by atoms with E-state index in [1.165, 1.54) is 6.07 Å². The molecule has 0 bridgehead atoms. The Labute approximate surface area is 127 Å². The molecule has 0 saturated carbocycles. The number of phenols is 1. The normalized spacial score (nSPS) is 20.0. The number of carboxylic acids is 1. The van der Waals surface area contributed by atoms with Crippen molar-refractivity contribution in [2.75, 3.05) is 0 Å². The standard InChI is InChI=1S/C17H16O5/c18-13-6-5-12-8-14(19)17(22-15(12)9-13)11-3-1-10(2-4-11)7-16(20)21/h1-6,9,14,17-19H,7-8H2,(H,20,21). The molecule has 0 aromatic heterocycles. The van der Waals surface area contributed by atoms with Crippen LogP contribution in [0.1, 0.15) is 22.8 Å². The molecule has 5 nitrogen and oxygen atoms in total. The van der Waals surface area contributed by atoms with Crippen LogP contribution in [-0.4, -0.2) is 27.4 Å². The molecule has 5 heteroatoms. The van der Waals surface area contributed by atoms with Crippen LogP contribution in [0.3, 0.4) is 0 Å². The Morgan fingerprint density at radius 2 is 1.91 bits per heavy atom. The van der Waals surface area contributed by atoms with E-state index >= 15 is 0 Å². The quantitative estimate of drug-likeness (QED) is 0.807. The lowest BCUT2D eigenvalue weighted by Crippen LogP contribution is -2.30. The van der Waals surface area contributed by atoms with Crippen molar-refractivity contribution in [1.29, 1.82) is 0 Å². The molecule has 2 aromatic carbocycles. The second-order valence-corrected chi connectivity index (χ2v) is 5.41. The highest BCUT2D eigenvalue weighted by Crippen LogP contribution is 2.37. The Hall–Kier alpha value is -2.53. The summed E-state index contributed by atoms with van der Waals surface area (Å²) >= 11 is 0. The van der Waals surface area contributed by atoms with E-state index in [1.807, 2.05) is 0 Å². The van der Waals surface area contributed by atoms with Gasteiger partial charge in [-0.05, 0) is 22.8 Å². The van der Waals surface area contributed by atoms with Crippen LogP contribution >= 0.6 is 0 Å². The van der Waals surface area contributed by atoms with Crippen molar-refractivity contribution in [3.63, 3.8) is 0 Å². The average molecular weight is 300 g/mol. The maximum Gasteiger partial charge on any atom is 0.307 e. The Kier molecular flexibility index (Phi) is 3.73. The summed E-state index contributed by atoms with van der Waals surface area (Å²) in [7, 11) is 0. The fraction of sp³-hybridized carbons (Fsp3) is 0.235. The summed E-state index contributed by atoms with van der Waals surface area (Å²) in [6.45, 7) is 0. The van der Waals surface area contributed by atoms with E-state index in [1.54, 1.807) is 36.4 Å². The molecule has 0 amide bonds. The Morgan fingerprint density at radius 3 is 2.59 bits per heavy atom. The molecule has 1 heterocycles. The smallest absolute Gasteiger partial charge is 0.307 e. The lowest BCUT2D eigenvalue weighted by atomic mass is 9.94. The first-order chi connectivity index (χ1) is 10.5. The van der Waals surface area contributed by atoms with Crippen LogP contribution in [0.2, 0.25) is 0 Å². The van der Waals surface area contributed by atoms with Crippen LogP contribution in [-0.2, 0) is 17.6 Å². The number of phenolic OH excluding ortho intramolecular Hbond substituents is 1. The van der Waals surface area contributed by atoms with Gasteiger partial charge in [0.1, 0.15) is 17.6 Å². The number of hydrogen-bond donors (Lipinski definition) is 3. The lowest BCUT2D eigenvalue weighted by molar-refractivity contribution is -0.136. The minimum atomic E-state index is -0.883. The summed E-state index contributed by atoms with van der Waals surface area (Å²) in [5.74, 6) is -0.207. The first-order valence-corrected chi connectivity index (χ1v) is 7.00. The van der Waals surface area contributed by atoms with Crippen molar-refractivity contribution in [2.24, 2.45) is 0 Å². The highest BCUT2D eigenvalue weighted by Gasteiger charge is 2.30. The Balaban J connectivity index is 1.84. The minimum absolute atomic E-state index is 0.0366. The van der Waals surface area contributed by atoms with Crippen LogP contribution in [0.5, 0.6) is 11.5 Å². The highest BCUT2D eigenvalue weighted by molar-refractivity contribution is 5.70. The van der Waals surface area contributed by atoms with Crippen molar-refractivity contribution in [3.8, 4) is 11.5 Å². The molecule has 0 spiro atoms. The molecule has 2 aromatic rings. The number of carboxylic acid groups (broad SMARTS) is 1. The van der Waals surface area contributed by atoms with E-state index in [0.29, 0.717) is 17.7 Å². The maximum absolute atomic E-state index is 10.7. The molecule has 0 fully saturated rings. The number of fused-ring (bicyclic) bond motifs is 1. The maximum atomic E-state index is 10.7. The van der Waals surface area contributed by atoms with Crippen LogP contribution in [0, 0.1) is 0 Å². The zero-order valence-corrected chi connectivity index (χ0v) is 11.8. The summed E-state index contributed by atoms with van der Waals surface area (Å²) in [5, 5.41) is 28.6. The second-order valence-electron chi connectivity index (χ2n) is 5.41. The predicted octanol–water partition coefficient (Wildman–Crippen LogP) is 2.06. The highest BCUT2D eigenvalue weighted by atomic mass is 16.5. The van der Waals surface area contributed by atoms with Gasteiger partial charge in [0.25, 0.3) is 0 Å². The third-order valence-corrected chi connectivity index (χ3v) is 3.75. The Bertz CT molecular complexity index is 693. The van der Waals surface area contributed by atoms with E-state index in [0.717, 1.165) is 11.1 Å². The first-order valence-electron chi connectivity index (χ1n) is 7.00. The molecule has 3 N–H and O–H groups in total. The molecule has 2 unspecified atom stereocenters.